The molecule has 0 bridgehead atoms. The molecule has 0 aromatic carbocycles. The Morgan fingerprint density at radius 3 is 2.05 bits per heavy atom. The second kappa shape index (κ2) is 5.46. The summed E-state index contributed by atoms with van der Waals surface area (Å²) in [6.45, 7) is 3.43. The van der Waals surface area contributed by atoms with Gasteiger partial charge in [0.05, 0.1) is 12.0 Å². The molecule has 6 nitrogen and oxygen atoms in total. The van der Waals surface area contributed by atoms with E-state index in [-0.39, 0.29) is 17.2 Å². The molecule has 1 aliphatic carbocycles. The highest BCUT2D eigenvalue weighted by molar-refractivity contribution is 5.86. The normalized spacial score (nSPS) is 21.7. The summed E-state index contributed by atoms with van der Waals surface area (Å²) in [6, 6.07) is 0. The number of piperazine rings is 1. The molecule has 2 aliphatic rings. The van der Waals surface area contributed by atoms with Gasteiger partial charge in [-0.15, -0.1) is 0 Å². The van der Waals surface area contributed by atoms with Crippen molar-refractivity contribution in [1.29, 1.82) is 0 Å². The summed E-state index contributed by atoms with van der Waals surface area (Å²) in [4.78, 5) is 29.8. The summed E-state index contributed by atoms with van der Waals surface area (Å²) in [6.07, 6.45) is 1.84. The number of amides is 2. The molecule has 6 heteroatoms. The van der Waals surface area contributed by atoms with Crippen LogP contribution in [-0.4, -0.2) is 79.9 Å². The van der Waals surface area contributed by atoms with Crippen molar-refractivity contribution in [2.45, 2.75) is 12.8 Å². The standard InChI is InChI=1S/C13H24N4O2/c1-15(2)9-11(18)16-5-7-17(8-6-16)12(19)13(10-14)3-4-13/h3-10,14H2,1-2H3. The maximum Gasteiger partial charge on any atom is 0.236 e. The smallest absolute Gasteiger partial charge is 0.236 e. The second-order valence-corrected chi connectivity index (χ2v) is 5.90. The Bertz CT molecular complexity index is 358. The summed E-state index contributed by atoms with van der Waals surface area (Å²) in [5.41, 5.74) is 5.42. The van der Waals surface area contributed by atoms with E-state index in [2.05, 4.69) is 0 Å². The highest BCUT2D eigenvalue weighted by Gasteiger charge is 2.50. The van der Waals surface area contributed by atoms with E-state index in [9.17, 15) is 9.59 Å². The Kier molecular flexibility index (Phi) is 4.10. The first kappa shape index (κ1) is 14.3. The van der Waals surface area contributed by atoms with E-state index in [1.165, 1.54) is 0 Å². The molecule has 2 amide bonds. The molecule has 0 unspecified atom stereocenters. The van der Waals surface area contributed by atoms with Crippen LogP contribution < -0.4 is 5.73 Å². The van der Waals surface area contributed by atoms with Crippen LogP contribution in [0.15, 0.2) is 0 Å². The molecule has 0 atom stereocenters. The molecule has 0 spiro atoms. The van der Waals surface area contributed by atoms with Gasteiger partial charge in [0.1, 0.15) is 0 Å². The van der Waals surface area contributed by atoms with Gasteiger partial charge in [-0.1, -0.05) is 0 Å². The average Bonchev–Trinajstić information content (AvgIpc) is 3.18. The van der Waals surface area contributed by atoms with E-state index in [0.29, 0.717) is 39.3 Å². The van der Waals surface area contributed by atoms with E-state index in [1.807, 2.05) is 28.8 Å². The van der Waals surface area contributed by atoms with Crippen molar-refractivity contribution in [3.05, 3.63) is 0 Å². The van der Waals surface area contributed by atoms with Crippen LogP contribution in [0, 0.1) is 5.41 Å². The zero-order chi connectivity index (χ0) is 14.0. The van der Waals surface area contributed by atoms with Crippen molar-refractivity contribution in [3.63, 3.8) is 0 Å². The van der Waals surface area contributed by atoms with Gasteiger partial charge in [-0.3, -0.25) is 9.59 Å². The van der Waals surface area contributed by atoms with Crippen LogP contribution >= 0.6 is 0 Å². The lowest BCUT2D eigenvalue weighted by atomic mass is 10.1. The molecular formula is C13H24N4O2. The zero-order valence-corrected chi connectivity index (χ0v) is 11.9. The molecule has 0 radical (unpaired) electrons. The van der Waals surface area contributed by atoms with Crippen molar-refractivity contribution < 1.29 is 9.59 Å². The van der Waals surface area contributed by atoms with Gasteiger partial charge >= 0.3 is 0 Å². The van der Waals surface area contributed by atoms with E-state index in [1.54, 1.807) is 0 Å². The molecule has 1 heterocycles. The molecule has 2 fully saturated rings. The van der Waals surface area contributed by atoms with Crippen molar-refractivity contribution >= 4 is 11.8 Å². The van der Waals surface area contributed by atoms with E-state index in [4.69, 9.17) is 5.73 Å². The third-order valence-corrected chi connectivity index (χ3v) is 4.07. The minimum absolute atomic E-state index is 0.136. The van der Waals surface area contributed by atoms with Gasteiger partial charge in [-0.25, -0.2) is 0 Å². The third kappa shape index (κ3) is 3.06. The SMILES string of the molecule is CN(C)CC(=O)N1CCN(C(=O)C2(CN)CC2)CC1. The summed E-state index contributed by atoms with van der Waals surface area (Å²) in [5.74, 6) is 0.326. The van der Waals surface area contributed by atoms with E-state index in [0.717, 1.165) is 12.8 Å². The van der Waals surface area contributed by atoms with E-state index >= 15 is 0 Å². The number of rotatable bonds is 4. The largest absolute Gasteiger partial charge is 0.339 e. The molecule has 1 aliphatic heterocycles. The first-order chi connectivity index (χ1) is 8.98. The fourth-order valence-corrected chi connectivity index (χ4v) is 2.52. The summed E-state index contributed by atoms with van der Waals surface area (Å²) in [7, 11) is 3.77. The highest BCUT2D eigenvalue weighted by atomic mass is 16.2. The first-order valence-corrected chi connectivity index (χ1v) is 6.90. The fourth-order valence-electron chi connectivity index (χ4n) is 2.52. The number of carbonyl (C=O) groups is 2. The Morgan fingerprint density at radius 1 is 1.11 bits per heavy atom. The molecule has 0 aromatic heterocycles. The topological polar surface area (TPSA) is 69.9 Å². The number of nitrogens with zero attached hydrogens (tertiary/aromatic N) is 3. The van der Waals surface area contributed by atoms with Crippen LogP contribution in [0.4, 0.5) is 0 Å². The van der Waals surface area contributed by atoms with Crippen molar-refractivity contribution in [3.8, 4) is 0 Å². The number of nitrogens with two attached hydrogens (primary N) is 1. The Labute approximate surface area is 114 Å². The molecule has 108 valence electrons. The molecule has 2 rings (SSSR count). The highest BCUT2D eigenvalue weighted by Crippen LogP contribution is 2.46. The van der Waals surface area contributed by atoms with Crippen LogP contribution in [0.1, 0.15) is 12.8 Å². The first-order valence-electron chi connectivity index (χ1n) is 6.90. The van der Waals surface area contributed by atoms with Gasteiger partial charge in [-0.2, -0.15) is 0 Å². The maximum atomic E-state index is 12.3. The number of carbonyl (C=O) groups excluding carboxylic acids is 2. The van der Waals surface area contributed by atoms with Crippen molar-refractivity contribution in [2.75, 3.05) is 53.4 Å². The van der Waals surface area contributed by atoms with E-state index < -0.39 is 0 Å². The Balaban J connectivity index is 1.82. The predicted molar refractivity (Wildman–Crippen MR) is 72.4 cm³/mol. The quantitative estimate of drug-likeness (QED) is 0.707. The van der Waals surface area contributed by atoms with Gasteiger partial charge in [0, 0.05) is 32.7 Å². The summed E-state index contributed by atoms with van der Waals surface area (Å²) >= 11 is 0. The predicted octanol–water partition coefficient (Wildman–Crippen LogP) is -1.04. The van der Waals surface area contributed by atoms with Gasteiger partial charge in [-0.05, 0) is 26.9 Å². The van der Waals surface area contributed by atoms with Gasteiger partial charge < -0.3 is 20.4 Å². The molecule has 0 aromatic rings. The minimum atomic E-state index is -0.268. The van der Waals surface area contributed by atoms with Crippen LogP contribution in [0.3, 0.4) is 0 Å². The molecule has 1 saturated heterocycles. The van der Waals surface area contributed by atoms with Crippen molar-refractivity contribution in [2.24, 2.45) is 11.1 Å². The Hall–Kier alpha value is -1.14. The zero-order valence-electron chi connectivity index (χ0n) is 11.9. The molecule has 19 heavy (non-hydrogen) atoms. The third-order valence-electron chi connectivity index (χ3n) is 4.07. The lowest BCUT2D eigenvalue weighted by molar-refractivity contribution is -0.143. The molecule has 2 N–H and O–H groups in total. The summed E-state index contributed by atoms with van der Waals surface area (Å²) < 4.78 is 0. The number of hydrogen-bond acceptors (Lipinski definition) is 4. The Morgan fingerprint density at radius 2 is 1.63 bits per heavy atom. The average molecular weight is 268 g/mol. The van der Waals surface area contributed by atoms with Gasteiger partial charge in [0.25, 0.3) is 0 Å². The van der Waals surface area contributed by atoms with Crippen LogP contribution in [0.25, 0.3) is 0 Å². The summed E-state index contributed by atoms with van der Waals surface area (Å²) in [5, 5.41) is 0. The second-order valence-electron chi connectivity index (χ2n) is 5.90. The monoisotopic (exact) mass is 268 g/mol. The molecular weight excluding hydrogens is 244 g/mol. The lowest BCUT2D eigenvalue weighted by Crippen LogP contribution is -2.54. The number of likely N-dealkylation sites (N-methyl/N-ethyl adjacent to an activating group) is 1. The minimum Gasteiger partial charge on any atom is -0.339 e. The van der Waals surface area contributed by atoms with Crippen LogP contribution in [0.2, 0.25) is 0 Å². The van der Waals surface area contributed by atoms with Gasteiger partial charge in [0.15, 0.2) is 0 Å². The molecule has 1 saturated carbocycles. The van der Waals surface area contributed by atoms with Gasteiger partial charge in [0.2, 0.25) is 11.8 Å². The van der Waals surface area contributed by atoms with Crippen LogP contribution in [0.5, 0.6) is 0 Å². The van der Waals surface area contributed by atoms with Crippen LogP contribution in [-0.2, 0) is 9.59 Å². The fraction of sp³-hybridized carbons (Fsp3) is 0.846. The lowest BCUT2D eigenvalue weighted by Gasteiger charge is -2.36. The van der Waals surface area contributed by atoms with Crippen molar-refractivity contribution in [1.82, 2.24) is 14.7 Å². The maximum absolute atomic E-state index is 12.3. The number of hydrogen-bond donors (Lipinski definition) is 1.